The van der Waals surface area contributed by atoms with Gasteiger partial charge in [0.2, 0.25) is 6.29 Å². The Morgan fingerprint density at radius 3 is 2.38 bits per heavy atom. The third-order valence-electron chi connectivity index (χ3n) is 5.92. The maximum atomic E-state index is 12.3. The molecule has 2 saturated heterocycles. The minimum absolute atomic E-state index is 0.114. The van der Waals surface area contributed by atoms with E-state index < -0.39 is 74.2 Å². The Bertz CT molecular complexity index is 1000. The molecule has 0 amide bonds. The summed E-state index contributed by atoms with van der Waals surface area (Å²) in [5, 5.41) is 61.5. The van der Waals surface area contributed by atoms with E-state index in [2.05, 4.69) is 4.99 Å². The van der Waals surface area contributed by atoms with Gasteiger partial charge in [-0.25, -0.2) is 4.79 Å². The summed E-state index contributed by atoms with van der Waals surface area (Å²) in [6, 6.07) is 7.00. The van der Waals surface area contributed by atoms with Gasteiger partial charge < -0.3 is 54.3 Å². The number of rotatable bonds is 5. The molecule has 0 bridgehead atoms. The van der Waals surface area contributed by atoms with Crippen LogP contribution < -0.4 is 10.6 Å². The van der Waals surface area contributed by atoms with Gasteiger partial charge in [-0.05, 0) is 19.1 Å². The normalized spacial score (nSPS) is 39.8. The molecule has 6 N–H and O–H groups in total. The molecule has 13 heteroatoms. The van der Waals surface area contributed by atoms with Crippen LogP contribution in [0.1, 0.15) is 6.92 Å². The number of benzene rings is 1. The van der Waals surface area contributed by atoms with E-state index in [-0.39, 0.29) is 12.3 Å². The van der Waals surface area contributed by atoms with Crippen LogP contribution in [-0.4, -0.2) is 111 Å². The van der Waals surface area contributed by atoms with Crippen LogP contribution in [0.4, 0.5) is 4.79 Å². The first-order valence-corrected chi connectivity index (χ1v) is 10.7. The number of hydrogen-bond acceptors (Lipinski definition) is 13. The Morgan fingerprint density at radius 1 is 0.941 bits per heavy atom. The molecule has 10 atom stereocenters. The van der Waals surface area contributed by atoms with Gasteiger partial charge in [-0.3, -0.25) is 4.99 Å². The average molecular weight is 485 g/mol. The highest BCUT2D eigenvalue weighted by atomic mass is 16.8. The predicted molar refractivity (Wildman–Crippen MR) is 108 cm³/mol. The van der Waals surface area contributed by atoms with Gasteiger partial charge in [0.1, 0.15) is 48.5 Å². The van der Waals surface area contributed by atoms with Crippen molar-refractivity contribution in [1.82, 2.24) is 0 Å². The molecular weight excluding hydrogens is 458 g/mol. The zero-order valence-corrected chi connectivity index (χ0v) is 18.1. The van der Waals surface area contributed by atoms with Crippen molar-refractivity contribution < 1.29 is 59.1 Å². The molecule has 13 nitrogen and oxygen atoms in total. The Morgan fingerprint density at radius 2 is 1.62 bits per heavy atom. The Balaban J connectivity index is 1.37. The molecule has 2 fully saturated rings. The van der Waals surface area contributed by atoms with E-state index in [1.54, 1.807) is 24.3 Å². The first-order valence-electron chi connectivity index (χ1n) is 10.7. The summed E-state index contributed by atoms with van der Waals surface area (Å²) in [5.41, 5.74) is 0. The van der Waals surface area contributed by atoms with Crippen LogP contribution in [0.3, 0.4) is 0 Å². The van der Waals surface area contributed by atoms with Crippen LogP contribution in [-0.2, 0) is 23.7 Å². The second-order valence-electron chi connectivity index (χ2n) is 8.26. The molecule has 188 valence electrons. The van der Waals surface area contributed by atoms with Crippen LogP contribution in [0, 0.1) is 0 Å². The summed E-state index contributed by atoms with van der Waals surface area (Å²) < 4.78 is 26.3. The summed E-state index contributed by atoms with van der Waals surface area (Å²) in [6.45, 7) is 1.09. The van der Waals surface area contributed by atoms with E-state index in [1.807, 2.05) is 0 Å². The summed E-state index contributed by atoms with van der Waals surface area (Å²) >= 11 is 0. The molecule has 4 rings (SSSR count). The van der Waals surface area contributed by atoms with Crippen LogP contribution in [0.2, 0.25) is 0 Å². The van der Waals surface area contributed by atoms with Crippen molar-refractivity contribution >= 4 is 11.9 Å². The van der Waals surface area contributed by atoms with E-state index in [9.17, 15) is 35.4 Å². The lowest BCUT2D eigenvalue weighted by Crippen LogP contribution is -2.61. The average Bonchev–Trinajstić information content (AvgIpc) is 3.22. The number of para-hydroxylation sites is 1. The molecule has 1 aromatic carbocycles. The van der Waals surface area contributed by atoms with Gasteiger partial charge in [0, 0.05) is 5.22 Å². The Labute approximate surface area is 193 Å². The lowest BCUT2D eigenvalue weighted by atomic mass is 9.99. The highest BCUT2D eigenvalue weighted by molar-refractivity contribution is 5.67. The number of nitrogens with zero attached hydrogens (tertiary/aromatic N) is 1. The van der Waals surface area contributed by atoms with Gasteiger partial charge >= 0.3 is 6.16 Å². The van der Waals surface area contributed by atoms with Gasteiger partial charge in [-0.1, -0.05) is 12.1 Å². The number of aliphatic hydroxyl groups is 6. The van der Waals surface area contributed by atoms with Crippen LogP contribution >= 0.6 is 0 Å². The van der Waals surface area contributed by atoms with Crippen molar-refractivity contribution in [3.05, 3.63) is 34.8 Å². The number of carbonyl (C=O) groups is 1. The Hall–Kier alpha value is -2.20. The summed E-state index contributed by atoms with van der Waals surface area (Å²) in [5.74, 6) is 0.240. The number of ether oxygens (including phenoxy) is 5. The van der Waals surface area contributed by atoms with Crippen molar-refractivity contribution in [1.29, 1.82) is 0 Å². The fourth-order valence-electron chi connectivity index (χ4n) is 3.89. The van der Waals surface area contributed by atoms with Crippen LogP contribution in [0.25, 0.3) is 5.76 Å². The highest BCUT2D eigenvalue weighted by Gasteiger charge is 2.48. The van der Waals surface area contributed by atoms with Crippen molar-refractivity contribution in [3.8, 4) is 0 Å². The quantitative estimate of drug-likeness (QED) is 0.223. The lowest BCUT2D eigenvalue weighted by Gasteiger charge is -2.42. The molecule has 0 saturated carbocycles. The molecule has 3 heterocycles. The topological polar surface area (TPSA) is 197 Å². The van der Waals surface area contributed by atoms with Crippen molar-refractivity contribution in [2.24, 2.45) is 4.99 Å². The standard InChI is InChI=1S/C21H27NO12/c1-8-13(23)15(25)17(27)19(31-8)30-7-12-14(24)16(26)18(28)20(32-12)34-21(29)33-11-6-22-10-5-3-2-4-9(10)11/h2-5,8,12-20,23-28H,6-7H2,1H3/t8-,12+,13-,14+,15+,16-,17+,18+,19+,20-/m0/s1. The maximum Gasteiger partial charge on any atom is 0.516 e. The van der Waals surface area contributed by atoms with Crippen molar-refractivity contribution in [3.63, 3.8) is 0 Å². The molecule has 3 aliphatic heterocycles. The Kier molecular flexibility index (Phi) is 7.47. The summed E-state index contributed by atoms with van der Waals surface area (Å²) in [6.07, 6.45) is -16.1. The van der Waals surface area contributed by atoms with Gasteiger partial charge in [-0.2, -0.15) is 0 Å². The number of aliphatic hydroxyl groups excluding tert-OH is 6. The SMILES string of the molecule is C[C@@H]1O[C@@H](OC[C@H]2O[C@@H](OC(=O)OC3=c4ccccc4=NC3)[C@H](O)[C@@H](O)[C@@H]2O)[C@H](O)[C@H](O)[C@H]1O. The van der Waals surface area contributed by atoms with E-state index in [4.69, 9.17) is 23.7 Å². The first kappa shape index (κ1) is 24.9. The molecule has 34 heavy (non-hydrogen) atoms. The fourth-order valence-corrected chi connectivity index (χ4v) is 3.89. The van der Waals surface area contributed by atoms with E-state index >= 15 is 0 Å². The van der Waals surface area contributed by atoms with Crippen molar-refractivity contribution in [2.75, 3.05) is 13.2 Å². The molecular formula is C21H27NO12. The van der Waals surface area contributed by atoms with Crippen LogP contribution in [0.15, 0.2) is 29.3 Å². The molecule has 1 aromatic rings. The molecule has 0 unspecified atom stereocenters. The minimum atomic E-state index is -1.79. The van der Waals surface area contributed by atoms with Gasteiger partial charge in [0.05, 0.1) is 24.6 Å². The summed E-state index contributed by atoms with van der Waals surface area (Å²) in [4.78, 5) is 16.5. The van der Waals surface area contributed by atoms with Crippen LogP contribution in [0.5, 0.6) is 0 Å². The largest absolute Gasteiger partial charge is 0.516 e. The number of hydrogen-bond donors (Lipinski definition) is 6. The smallest absolute Gasteiger partial charge is 0.401 e. The molecule has 3 aliphatic rings. The predicted octanol–water partition coefficient (Wildman–Crippen LogP) is -3.77. The van der Waals surface area contributed by atoms with Crippen molar-refractivity contribution in [2.45, 2.75) is 68.3 Å². The maximum absolute atomic E-state index is 12.3. The molecule has 0 spiro atoms. The molecule has 0 radical (unpaired) electrons. The van der Waals surface area contributed by atoms with E-state index in [0.717, 1.165) is 0 Å². The van der Waals surface area contributed by atoms with Gasteiger partial charge in [-0.15, -0.1) is 0 Å². The third kappa shape index (κ3) is 4.93. The third-order valence-corrected chi connectivity index (χ3v) is 5.92. The number of carbonyl (C=O) groups excluding carboxylic acids is 1. The van der Waals surface area contributed by atoms with Gasteiger partial charge in [0.15, 0.2) is 6.29 Å². The second-order valence-corrected chi connectivity index (χ2v) is 8.26. The lowest BCUT2D eigenvalue weighted by molar-refractivity contribution is -0.322. The highest BCUT2D eigenvalue weighted by Crippen LogP contribution is 2.26. The van der Waals surface area contributed by atoms with E-state index in [0.29, 0.717) is 10.6 Å². The zero-order valence-electron chi connectivity index (χ0n) is 18.1. The summed E-state index contributed by atoms with van der Waals surface area (Å²) in [7, 11) is 0. The molecule has 0 aromatic heterocycles. The minimum Gasteiger partial charge on any atom is -0.401 e. The fraction of sp³-hybridized carbons (Fsp3) is 0.619. The monoisotopic (exact) mass is 485 g/mol. The number of fused-ring (bicyclic) bond motifs is 1. The zero-order chi connectivity index (χ0) is 24.6. The van der Waals surface area contributed by atoms with E-state index in [1.165, 1.54) is 6.92 Å². The molecule has 0 aliphatic carbocycles. The first-order chi connectivity index (χ1) is 16.2. The van der Waals surface area contributed by atoms with Gasteiger partial charge in [0.25, 0.3) is 0 Å². The second kappa shape index (κ2) is 10.2.